The Balaban J connectivity index is 2.43. The number of fused-ring (bicyclic) bond motifs is 1. The number of methoxy groups -OCH3 is 1. The average molecular weight is 292 g/mol. The number of hydrogen-bond donors (Lipinski definition) is 1. The van der Waals surface area contributed by atoms with Crippen LogP contribution in [0.3, 0.4) is 0 Å². The summed E-state index contributed by atoms with van der Waals surface area (Å²) in [5, 5.41) is 10.4. The largest absolute Gasteiger partial charge is 0.467 e. The fourth-order valence-electron chi connectivity index (χ4n) is 3.28. The van der Waals surface area contributed by atoms with E-state index in [-0.39, 0.29) is 24.4 Å². The van der Waals surface area contributed by atoms with E-state index < -0.39 is 22.9 Å². The third-order valence-electron chi connectivity index (χ3n) is 4.73. The van der Waals surface area contributed by atoms with E-state index in [0.717, 1.165) is 5.57 Å². The first-order valence-electron chi connectivity index (χ1n) is 6.91. The van der Waals surface area contributed by atoms with Gasteiger partial charge in [-0.2, -0.15) is 0 Å². The highest BCUT2D eigenvalue weighted by molar-refractivity contribution is 6.06. The number of Topliss-reactive ketones (excluding diaryl/α,β-unsaturated/α-hetero) is 1. The predicted molar refractivity (Wildman–Crippen MR) is 75.3 cm³/mol. The normalized spacial score (nSPS) is 31.8. The van der Waals surface area contributed by atoms with E-state index in [1.807, 2.05) is 6.92 Å². The minimum absolute atomic E-state index is 0.0896. The Morgan fingerprint density at radius 1 is 1.48 bits per heavy atom. The SMILES string of the molecule is COC(=O)C(C)(O)C1CC2=C(C)C(=O)C=CC2(C)CC1=O. The Kier molecular flexibility index (Phi) is 3.66. The maximum atomic E-state index is 12.4. The first-order chi connectivity index (χ1) is 9.63. The molecule has 0 spiro atoms. The number of carbonyl (C=O) groups is 3. The Morgan fingerprint density at radius 3 is 2.67 bits per heavy atom. The fraction of sp³-hybridized carbons (Fsp3) is 0.562. The first kappa shape index (κ1) is 15.6. The molecule has 0 aromatic heterocycles. The number of ether oxygens (including phenoxy) is 1. The summed E-state index contributed by atoms with van der Waals surface area (Å²) in [6.45, 7) is 4.91. The molecule has 0 heterocycles. The van der Waals surface area contributed by atoms with Crippen LogP contribution in [0.25, 0.3) is 0 Å². The van der Waals surface area contributed by atoms with Gasteiger partial charge in [-0.15, -0.1) is 0 Å². The van der Waals surface area contributed by atoms with Crippen molar-refractivity contribution >= 4 is 17.5 Å². The molecule has 5 heteroatoms. The van der Waals surface area contributed by atoms with Crippen molar-refractivity contribution < 1.29 is 24.2 Å². The lowest BCUT2D eigenvalue weighted by atomic mass is 9.61. The van der Waals surface area contributed by atoms with Gasteiger partial charge in [0.05, 0.1) is 13.0 Å². The number of ketones is 2. The lowest BCUT2D eigenvalue weighted by Crippen LogP contribution is -2.51. The second-order valence-electron chi connectivity index (χ2n) is 6.26. The van der Waals surface area contributed by atoms with Crippen molar-refractivity contribution in [3.05, 3.63) is 23.3 Å². The molecule has 1 N–H and O–H groups in total. The molecule has 5 nitrogen and oxygen atoms in total. The third-order valence-corrected chi connectivity index (χ3v) is 4.73. The molecule has 21 heavy (non-hydrogen) atoms. The topological polar surface area (TPSA) is 80.7 Å². The quantitative estimate of drug-likeness (QED) is 0.777. The molecule has 0 bridgehead atoms. The van der Waals surface area contributed by atoms with E-state index in [1.165, 1.54) is 20.1 Å². The van der Waals surface area contributed by atoms with Gasteiger partial charge in [-0.1, -0.05) is 18.6 Å². The molecule has 1 fully saturated rings. The van der Waals surface area contributed by atoms with Crippen LogP contribution >= 0.6 is 0 Å². The molecule has 3 unspecified atom stereocenters. The smallest absolute Gasteiger partial charge is 0.338 e. The van der Waals surface area contributed by atoms with Gasteiger partial charge >= 0.3 is 5.97 Å². The standard InChI is InChI=1S/C16H20O5/c1-9-10-7-11(16(3,20)14(19)21-4)13(18)8-15(10,2)6-5-12(9)17/h5-6,11,20H,7-8H2,1-4H3. The van der Waals surface area contributed by atoms with Crippen LogP contribution in [0.2, 0.25) is 0 Å². The van der Waals surface area contributed by atoms with E-state index >= 15 is 0 Å². The van der Waals surface area contributed by atoms with E-state index in [2.05, 4.69) is 4.74 Å². The van der Waals surface area contributed by atoms with E-state index in [0.29, 0.717) is 5.57 Å². The summed E-state index contributed by atoms with van der Waals surface area (Å²) >= 11 is 0. The summed E-state index contributed by atoms with van der Waals surface area (Å²) in [5.74, 6) is -2.00. The zero-order chi connectivity index (χ0) is 16.0. The van der Waals surface area contributed by atoms with Gasteiger partial charge in [0, 0.05) is 11.8 Å². The maximum absolute atomic E-state index is 12.4. The van der Waals surface area contributed by atoms with Gasteiger partial charge in [-0.05, 0) is 31.9 Å². The van der Waals surface area contributed by atoms with Gasteiger partial charge in [0.15, 0.2) is 11.4 Å². The lowest BCUT2D eigenvalue weighted by molar-refractivity contribution is -0.170. The second-order valence-corrected chi connectivity index (χ2v) is 6.26. The summed E-state index contributed by atoms with van der Waals surface area (Å²) in [6.07, 6.45) is 3.60. The van der Waals surface area contributed by atoms with Crippen molar-refractivity contribution in [3.8, 4) is 0 Å². The van der Waals surface area contributed by atoms with Crippen molar-refractivity contribution in [2.45, 2.75) is 39.2 Å². The van der Waals surface area contributed by atoms with Crippen molar-refractivity contribution in [1.29, 1.82) is 0 Å². The molecule has 0 aromatic carbocycles. The summed E-state index contributed by atoms with van der Waals surface area (Å²) in [5.41, 5.74) is -0.968. The predicted octanol–water partition coefficient (Wildman–Crippen LogP) is 1.35. The average Bonchev–Trinajstić information content (AvgIpc) is 2.41. The summed E-state index contributed by atoms with van der Waals surface area (Å²) in [7, 11) is 1.17. The minimum atomic E-state index is -1.88. The summed E-state index contributed by atoms with van der Waals surface area (Å²) < 4.78 is 4.59. The van der Waals surface area contributed by atoms with Gasteiger partial charge in [0.2, 0.25) is 0 Å². The van der Waals surface area contributed by atoms with Gasteiger partial charge in [-0.25, -0.2) is 4.79 Å². The van der Waals surface area contributed by atoms with Crippen molar-refractivity contribution in [2.24, 2.45) is 11.3 Å². The number of hydrogen-bond acceptors (Lipinski definition) is 5. The van der Waals surface area contributed by atoms with E-state index in [4.69, 9.17) is 0 Å². The molecule has 0 amide bonds. The van der Waals surface area contributed by atoms with E-state index in [9.17, 15) is 19.5 Å². The Labute approximate surface area is 123 Å². The molecule has 2 aliphatic rings. The van der Waals surface area contributed by atoms with Crippen molar-refractivity contribution in [3.63, 3.8) is 0 Å². The fourth-order valence-corrected chi connectivity index (χ4v) is 3.28. The van der Waals surface area contributed by atoms with Crippen LogP contribution < -0.4 is 0 Å². The highest BCUT2D eigenvalue weighted by Crippen LogP contribution is 2.48. The molecular formula is C16H20O5. The Hall–Kier alpha value is -1.75. The van der Waals surface area contributed by atoms with Gasteiger partial charge in [0.1, 0.15) is 5.78 Å². The molecule has 3 atom stereocenters. The number of allylic oxidation sites excluding steroid dienone is 4. The Morgan fingerprint density at radius 2 is 2.10 bits per heavy atom. The molecule has 2 aliphatic carbocycles. The molecule has 0 aliphatic heterocycles. The number of carbonyl (C=O) groups excluding carboxylic acids is 3. The summed E-state index contributed by atoms with van der Waals surface area (Å²) in [6, 6.07) is 0. The van der Waals surface area contributed by atoms with Crippen LogP contribution in [0.15, 0.2) is 23.3 Å². The number of rotatable bonds is 2. The van der Waals surface area contributed by atoms with Crippen LogP contribution in [0.5, 0.6) is 0 Å². The third kappa shape index (κ3) is 2.35. The second kappa shape index (κ2) is 4.91. The molecule has 2 rings (SSSR count). The highest BCUT2D eigenvalue weighted by Gasteiger charge is 2.51. The van der Waals surface area contributed by atoms with Crippen LogP contribution in [0.1, 0.15) is 33.6 Å². The van der Waals surface area contributed by atoms with Crippen molar-refractivity contribution in [1.82, 2.24) is 0 Å². The maximum Gasteiger partial charge on any atom is 0.338 e. The van der Waals surface area contributed by atoms with Crippen molar-refractivity contribution in [2.75, 3.05) is 7.11 Å². The minimum Gasteiger partial charge on any atom is -0.467 e. The van der Waals surface area contributed by atoms with Crippen LogP contribution in [-0.2, 0) is 19.1 Å². The molecule has 114 valence electrons. The number of esters is 1. The van der Waals surface area contributed by atoms with Gasteiger partial charge < -0.3 is 9.84 Å². The van der Waals surface area contributed by atoms with Crippen LogP contribution in [-0.4, -0.2) is 35.4 Å². The molecule has 0 radical (unpaired) electrons. The molecule has 0 aromatic rings. The molecule has 0 saturated heterocycles. The monoisotopic (exact) mass is 292 g/mol. The zero-order valence-electron chi connectivity index (χ0n) is 12.7. The summed E-state index contributed by atoms with van der Waals surface area (Å²) in [4.78, 5) is 36.0. The van der Waals surface area contributed by atoms with Crippen LogP contribution in [0.4, 0.5) is 0 Å². The molecule has 1 saturated carbocycles. The zero-order valence-corrected chi connectivity index (χ0v) is 12.7. The van der Waals surface area contributed by atoms with Gasteiger partial charge in [-0.3, -0.25) is 9.59 Å². The Bertz CT molecular complexity index is 581. The first-order valence-corrected chi connectivity index (χ1v) is 6.91. The highest BCUT2D eigenvalue weighted by atomic mass is 16.5. The number of aliphatic hydroxyl groups is 1. The van der Waals surface area contributed by atoms with Crippen LogP contribution in [0, 0.1) is 11.3 Å². The van der Waals surface area contributed by atoms with Gasteiger partial charge in [0.25, 0.3) is 0 Å². The lowest BCUT2D eigenvalue weighted by Gasteiger charge is -2.43. The molecular weight excluding hydrogens is 272 g/mol. The van der Waals surface area contributed by atoms with E-state index in [1.54, 1.807) is 13.0 Å².